The number of Topliss-reactive ketones (excluding diaryl/α,β-unsaturated/α-hetero) is 1. The van der Waals surface area contributed by atoms with Crippen molar-refractivity contribution >= 4 is 33.7 Å². The number of carbonyl (C=O) groups is 3. The van der Waals surface area contributed by atoms with Crippen molar-refractivity contribution in [2.45, 2.75) is 38.7 Å². The Morgan fingerprint density at radius 2 is 2.05 bits per heavy atom. The van der Waals surface area contributed by atoms with Crippen LogP contribution in [0.2, 0.25) is 0 Å². The van der Waals surface area contributed by atoms with Crippen LogP contribution in [0.15, 0.2) is 0 Å². The zero-order chi connectivity index (χ0) is 14.4. The van der Waals surface area contributed by atoms with Crippen LogP contribution in [0.1, 0.15) is 32.6 Å². The number of esters is 2. The molecule has 1 saturated heterocycles. The minimum absolute atomic E-state index is 0.0535. The molecule has 0 N–H and O–H groups in total. The lowest BCUT2D eigenvalue weighted by atomic mass is 9.84. The van der Waals surface area contributed by atoms with Gasteiger partial charge in [-0.25, -0.2) is 0 Å². The van der Waals surface area contributed by atoms with Gasteiger partial charge < -0.3 is 9.47 Å². The van der Waals surface area contributed by atoms with Gasteiger partial charge in [-0.1, -0.05) is 22.9 Å². The van der Waals surface area contributed by atoms with Gasteiger partial charge in [0.15, 0.2) is 0 Å². The van der Waals surface area contributed by atoms with Crippen LogP contribution < -0.4 is 0 Å². The Bertz CT molecular complexity index is 355. The lowest BCUT2D eigenvalue weighted by Crippen LogP contribution is -2.29. The largest absolute Gasteiger partial charge is 0.469 e. The number of carbonyl (C=O) groups excluding carboxylic acids is 3. The number of ether oxygens (including phenoxy) is 2. The summed E-state index contributed by atoms with van der Waals surface area (Å²) in [6.07, 6.45) is 1.30. The summed E-state index contributed by atoms with van der Waals surface area (Å²) in [5.74, 6) is -1.69. The molecule has 0 spiro atoms. The second kappa shape index (κ2) is 7.62. The molecule has 1 fully saturated rings. The van der Waals surface area contributed by atoms with E-state index in [0.717, 1.165) is 11.8 Å². The Morgan fingerprint density at radius 3 is 2.63 bits per heavy atom. The van der Waals surface area contributed by atoms with E-state index in [1.807, 2.05) is 0 Å². The summed E-state index contributed by atoms with van der Waals surface area (Å²) in [6.45, 7) is 1.71. The van der Waals surface area contributed by atoms with E-state index in [4.69, 9.17) is 4.74 Å². The molecule has 1 aliphatic rings. The van der Waals surface area contributed by atoms with Gasteiger partial charge in [0.2, 0.25) is 0 Å². The molecular formula is C13H19BrO5. The van der Waals surface area contributed by atoms with Gasteiger partial charge in [0.05, 0.1) is 25.4 Å². The third kappa shape index (κ3) is 4.30. The molecule has 0 radical (unpaired) electrons. The van der Waals surface area contributed by atoms with E-state index in [-0.39, 0.29) is 30.7 Å². The molecular weight excluding hydrogens is 316 g/mol. The van der Waals surface area contributed by atoms with Crippen molar-refractivity contribution in [3.05, 3.63) is 0 Å². The number of cyclic esters (lactones) is 1. The van der Waals surface area contributed by atoms with Gasteiger partial charge in [0, 0.05) is 11.8 Å². The predicted octanol–water partition coefficient (Wildman–Crippen LogP) is 1.86. The number of hydrogen-bond acceptors (Lipinski definition) is 5. The minimum atomic E-state index is -0.434. The lowest BCUT2D eigenvalue weighted by molar-refractivity contribution is -0.144. The third-order valence-corrected chi connectivity index (χ3v) is 3.94. The van der Waals surface area contributed by atoms with Gasteiger partial charge in [0.25, 0.3) is 0 Å². The first-order chi connectivity index (χ1) is 9.01. The first-order valence-electron chi connectivity index (χ1n) is 6.37. The quantitative estimate of drug-likeness (QED) is 0.525. The molecule has 0 aromatic rings. The van der Waals surface area contributed by atoms with Gasteiger partial charge in [-0.3, -0.25) is 14.4 Å². The SMILES string of the molecule is COC(=O)CCC(=O)[C@H]1[C@H](C)C(=O)O[C@@H]1CCCBr. The van der Waals surface area contributed by atoms with Crippen molar-refractivity contribution in [1.29, 1.82) is 0 Å². The van der Waals surface area contributed by atoms with Crippen LogP contribution in [-0.2, 0) is 23.9 Å². The van der Waals surface area contributed by atoms with Crippen LogP contribution in [0.5, 0.6) is 0 Å². The zero-order valence-corrected chi connectivity index (χ0v) is 12.8. The van der Waals surface area contributed by atoms with E-state index in [1.54, 1.807) is 6.92 Å². The lowest BCUT2D eigenvalue weighted by Gasteiger charge is -2.17. The van der Waals surface area contributed by atoms with Crippen molar-refractivity contribution in [2.24, 2.45) is 11.8 Å². The molecule has 1 aliphatic heterocycles. The highest BCUT2D eigenvalue weighted by atomic mass is 79.9. The van der Waals surface area contributed by atoms with Crippen LogP contribution in [0.25, 0.3) is 0 Å². The summed E-state index contributed by atoms with van der Waals surface area (Å²) >= 11 is 3.32. The maximum Gasteiger partial charge on any atom is 0.309 e. The average Bonchev–Trinajstić information content (AvgIpc) is 2.68. The van der Waals surface area contributed by atoms with E-state index in [1.165, 1.54) is 7.11 Å². The highest BCUT2D eigenvalue weighted by Crippen LogP contribution is 2.32. The molecule has 0 aromatic carbocycles. The van der Waals surface area contributed by atoms with Crippen LogP contribution >= 0.6 is 15.9 Å². The maximum absolute atomic E-state index is 12.1. The Morgan fingerprint density at radius 1 is 1.37 bits per heavy atom. The Hall–Kier alpha value is -0.910. The van der Waals surface area contributed by atoms with Crippen LogP contribution in [0.4, 0.5) is 0 Å². The summed E-state index contributed by atoms with van der Waals surface area (Å²) in [5.41, 5.74) is 0. The van der Waals surface area contributed by atoms with Crippen molar-refractivity contribution in [2.75, 3.05) is 12.4 Å². The number of methoxy groups -OCH3 is 1. The van der Waals surface area contributed by atoms with E-state index in [9.17, 15) is 14.4 Å². The van der Waals surface area contributed by atoms with Crippen molar-refractivity contribution in [3.8, 4) is 0 Å². The summed E-state index contributed by atoms with van der Waals surface area (Å²) in [5, 5.41) is 0.804. The Balaban J connectivity index is 2.62. The molecule has 6 heteroatoms. The molecule has 1 rings (SSSR count). The van der Waals surface area contributed by atoms with Crippen LogP contribution in [-0.4, -0.2) is 36.3 Å². The molecule has 0 aromatic heterocycles. The number of ketones is 1. The van der Waals surface area contributed by atoms with Crippen LogP contribution in [0.3, 0.4) is 0 Å². The topological polar surface area (TPSA) is 69.7 Å². The number of halogens is 1. The second-order valence-electron chi connectivity index (χ2n) is 4.66. The van der Waals surface area contributed by atoms with E-state index in [0.29, 0.717) is 6.42 Å². The van der Waals surface area contributed by atoms with E-state index >= 15 is 0 Å². The highest BCUT2D eigenvalue weighted by molar-refractivity contribution is 9.09. The standard InChI is InChI=1S/C13H19BrO5/c1-8-12(9(15)5-6-11(16)18-2)10(4-3-7-14)19-13(8)17/h8,10,12H,3-7H2,1-2H3/t8-,10+,12+/m0/s1. The summed E-state index contributed by atoms with van der Waals surface area (Å²) < 4.78 is 9.75. The summed E-state index contributed by atoms with van der Waals surface area (Å²) in [4.78, 5) is 34.8. The molecule has 5 nitrogen and oxygen atoms in total. The fourth-order valence-electron chi connectivity index (χ4n) is 2.30. The predicted molar refractivity (Wildman–Crippen MR) is 71.8 cm³/mol. The summed E-state index contributed by atoms with van der Waals surface area (Å²) in [6, 6.07) is 0. The molecule has 3 atom stereocenters. The fourth-order valence-corrected chi connectivity index (χ4v) is 2.62. The van der Waals surface area contributed by atoms with E-state index in [2.05, 4.69) is 20.7 Å². The average molecular weight is 335 g/mol. The number of rotatable bonds is 7. The molecule has 0 aliphatic carbocycles. The molecule has 0 unspecified atom stereocenters. The fraction of sp³-hybridized carbons (Fsp3) is 0.769. The molecule has 0 amide bonds. The maximum atomic E-state index is 12.1. The highest BCUT2D eigenvalue weighted by Gasteiger charge is 2.45. The number of hydrogen-bond donors (Lipinski definition) is 0. The molecule has 1 heterocycles. The van der Waals surface area contributed by atoms with Gasteiger partial charge in [-0.05, 0) is 12.8 Å². The van der Waals surface area contributed by atoms with Crippen LogP contribution in [0, 0.1) is 11.8 Å². The van der Waals surface area contributed by atoms with Gasteiger partial charge in [-0.2, -0.15) is 0 Å². The smallest absolute Gasteiger partial charge is 0.309 e. The van der Waals surface area contributed by atoms with Gasteiger partial charge >= 0.3 is 11.9 Å². The van der Waals surface area contributed by atoms with Gasteiger partial charge in [-0.15, -0.1) is 0 Å². The van der Waals surface area contributed by atoms with E-state index < -0.39 is 17.8 Å². The van der Waals surface area contributed by atoms with Crippen molar-refractivity contribution in [1.82, 2.24) is 0 Å². The molecule has 19 heavy (non-hydrogen) atoms. The third-order valence-electron chi connectivity index (χ3n) is 3.38. The molecule has 0 bridgehead atoms. The molecule has 0 saturated carbocycles. The zero-order valence-electron chi connectivity index (χ0n) is 11.2. The van der Waals surface area contributed by atoms with Crippen molar-refractivity contribution < 1.29 is 23.9 Å². The van der Waals surface area contributed by atoms with Gasteiger partial charge in [0.1, 0.15) is 11.9 Å². The second-order valence-corrected chi connectivity index (χ2v) is 5.46. The Labute approximate surface area is 121 Å². The first kappa shape index (κ1) is 16.1. The monoisotopic (exact) mass is 334 g/mol. The minimum Gasteiger partial charge on any atom is -0.469 e. The summed E-state index contributed by atoms with van der Waals surface area (Å²) in [7, 11) is 1.29. The molecule has 108 valence electrons. The number of alkyl halides is 1. The normalized spacial score (nSPS) is 26.1. The Kier molecular flexibility index (Phi) is 6.48. The van der Waals surface area contributed by atoms with Crippen molar-refractivity contribution in [3.63, 3.8) is 0 Å². The first-order valence-corrected chi connectivity index (χ1v) is 7.49.